The summed E-state index contributed by atoms with van der Waals surface area (Å²) in [6.07, 6.45) is 0.161. The number of hydrogen-bond donors (Lipinski definition) is 1. The Morgan fingerprint density at radius 1 is 1.08 bits per heavy atom. The van der Waals surface area contributed by atoms with Gasteiger partial charge in [0, 0.05) is 29.2 Å². The molecule has 2 aliphatic heterocycles. The van der Waals surface area contributed by atoms with Crippen LogP contribution in [0.15, 0.2) is 42.5 Å². The van der Waals surface area contributed by atoms with Gasteiger partial charge >= 0.3 is 5.92 Å². The summed E-state index contributed by atoms with van der Waals surface area (Å²) in [6, 6.07) is 9.67. The lowest BCUT2D eigenvalue weighted by Gasteiger charge is -2.46. The van der Waals surface area contributed by atoms with Gasteiger partial charge in [-0.2, -0.15) is 8.78 Å². The number of nitrogens with one attached hydrogen (secondary N) is 1. The Labute approximate surface area is 215 Å². The van der Waals surface area contributed by atoms with Gasteiger partial charge in [-0.3, -0.25) is 24.5 Å². The molecular formula is C22H22B4ClF2N3O4. The molecule has 2 aliphatic rings. The van der Waals surface area contributed by atoms with E-state index in [4.69, 9.17) is 11.6 Å². The van der Waals surface area contributed by atoms with E-state index < -0.39 is 34.0 Å². The third-order valence-corrected chi connectivity index (χ3v) is 7.18. The van der Waals surface area contributed by atoms with Gasteiger partial charge < -0.3 is 9.71 Å². The lowest BCUT2D eigenvalue weighted by Crippen LogP contribution is -2.67. The molecule has 182 valence electrons. The molecule has 0 bridgehead atoms. The van der Waals surface area contributed by atoms with Gasteiger partial charge in [-0.25, -0.2) is 0 Å². The van der Waals surface area contributed by atoms with Crippen LogP contribution >= 0.6 is 11.6 Å². The second-order valence-electron chi connectivity index (χ2n) is 10.2. The summed E-state index contributed by atoms with van der Waals surface area (Å²) in [5.41, 5.74) is -0.130. The van der Waals surface area contributed by atoms with Crippen LogP contribution in [-0.4, -0.2) is 70.3 Å². The predicted molar refractivity (Wildman–Crippen MR) is 140 cm³/mol. The maximum atomic E-state index is 14.8. The van der Waals surface area contributed by atoms with E-state index >= 15 is 0 Å². The van der Waals surface area contributed by atoms with Crippen LogP contribution in [-0.2, 0) is 33.4 Å². The molecule has 2 aromatic carbocycles. The number of halogens is 3. The number of fused-ring (bicyclic) bond motifs is 1. The first kappa shape index (κ1) is 26.0. The summed E-state index contributed by atoms with van der Waals surface area (Å²) in [5.74, 6) is -6.39. The van der Waals surface area contributed by atoms with Crippen LogP contribution in [0.1, 0.15) is 33.5 Å². The monoisotopic (exact) mass is 509 g/mol. The molecule has 1 atom stereocenters. The zero-order chi connectivity index (χ0) is 26.6. The number of benzene rings is 2. The number of amides is 4. The molecule has 1 N–H and O–H groups in total. The van der Waals surface area contributed by atoms with Gasteiger partial charge in [-0.15, -0.1) is 0 Å². The molecule has 0 spiro atoms. The molecule has 2 heterocycles. The molecule has 0 saturated carbocycles. The number of carbonyl (C=O) groups excluding carboxylic acids is 4. The lowest BCUT2D eigenvalue weighted by atomic mass is 9.45. The van der Waals surface area contributed by atoms with E-state index in [1.165, 1.54) is 25.0 Å². The van der Waals surface area contributed by atoms with E-state index in [9.17, 15) is 28.0 Å². The molecule has 2 aromatic rings. The van der Waals surface area contributed by atoms with Crippen LogP contribution in [0.5, 0.6) is 0 Å². The van der Waals surface area contributed by atoms with Gasteiger partial charge in [-0.1, -0.05) is 35.9 Å². The van der Waals surface area contributed by atoms with Crippen molar-refractivity contribution in [3.63, 3.8) is 0 Å². The number of imide groups is 1. The number of nitrogens with zero attached hydrogens (tertiary/aromatic N) is 2. The highest BCUT2D eigenvalue weighted by molar-refractivity contribution is 6.53. The predicted octanol–water partition coefficient (Wildman–Crippen LogP) is -1.28. The van der Waals surface area contributed by atoms with E-state index in [1.54, 1.807) is 41.7 Å². The van der Waals surface area contributed by atoms with Crippen LogP contribution in [0.3, 0.4) is 0 Å². The highest BCUT2D eigenvalue weighted by Crippen LogP contribution is 2.39. The van der Waals surface area contributed by atoms with Crippen LogP contribution in [0.25, 0.3) is 0 Å². The van der Waals surface area contributed by atoms with E-state index in [2.05, 4.69) is 5.32 Å². The molecule has 7 nitrogen and oxygen atoms in total. The fourth-order valence-electron chi connectivity index (χ4n) is 4.89. The van der Waals surface area contributed by atoms with Crippen molar-refractivity contribution >= 4 is 66.7 Å². The summed E-state index contributed by atoms with van der Waals surface area (Å²) in [5, 5.41) is 1.81. The van der Waals surface area contributed by atoms with Gasteiger partial charge in [0.15, 0.2) is 0 Å². The quantitative estimate of drug-likeness (QED) is 0.403. The average Bonchev–Trinajstić information content (AvgIpc) is 3.13. The van der Waals surface area contributed by atoms with Crippen molar-refractivity contribution in [1.82, 2.24) is 15.0 Å². The highest BCUT2D eigenvalue weighted by atomic mass is 35.5. The fourth-order valence-corrected chi connectivity index (χ4v) is 5.01. The van der Waals surface area contributed by atoms with Crippen LogP contribution in [0.2, 0.25) is 10.2 Å². The Hall–Kier alpha value is -3.07. The maximum Gasteiger partial charge on any atom is 0.348 e. The van der Waals surface area contributed by atoms with Crippen molar-refractivity contribution < 1.29 is 28.0 Å². The fraction of sp³-hybridized carbons (Fsp3) is 0.273. The molecule has 14 heteroatoms. The molecule has 1 fully saturated rings. The van der Waals surface area contributed by atoms with Crippen molar-refractivity contribution in [2.45, 2.75) is 36.1 Å². The van der Waals surface area contributed by atoms with Crippen molar-refractivity contribution in [3.05, 3.63) is 69.7 Å². The minimum absolute atomic E-state index is 0.108. The Balaban J connectivity index is 1.52. The third-order valence-electron chi connectivity index (χ3n) is 6.93. The number of alkyl halides is 2. The summed E-state index contributed by atoms with van der Waals surface area (Å²) < 4.78 is 29.6. The van der Waals surface area contributed by atoms with Gasteiger partial charge in [0.2, 0.25) is 19.8 Å². The topological polar surface area (TPSA) is 86.8 Å². The molecule has 0 aliphatic carbocycles. The minimum atomic E-state index is -3.74. The molecule has 1 saturated heterocycles. The van der Waals surface area contributed by atoms with Crippen LogP contribution < -0.4 is 5.32 Å². The number of rotatable bonds is 5. The zero-order valence-corrected chi connectivity index (χ0v) is 21.1. The van der Waals surface area contributed by atoms with E-state index in [0.29, 0.717) is 16.7 Å². The maximum absolute atomic E-state index is 14.8. The molecule has 1 unspecified atom stereocenters. The molecule has 0 aromatic heterocycles. The van der Waals surface area contributed by atoms with Crippen molar-refractivity contribution in [3.8, 4) is 0 Å². The molecular weight excluding hydrogens is 487 g/mol. The number of carbonyl (C=O) groups is 4. The largest absolute Gasteiger partial charge is 0.384 e. The average molecular weight is 509 g/mol. The summed E-state index contributed by atoms with van der Waals surface area (Å²) in [7, 11) is 6.34. The molecule has 4 rings (SSSR count). The Kier molecular flexibility index (Phi) is 6.35. The van der Waals surface area contributed by atoms with E-state index in [1.807, 2.05) is 0 Å². The summed E-state index contributed by atoms with van der Waals surface area (Å²) in [6.45, 7) is 0.0115. The van der Waals surface area contributed by atoms with Gasteiger partial charge in [0.25, 0.3) is 11.8 Å². The smallest absolute Gasteiger partial charge is 0.348 e. The first-order valence-corrected chi connectivity index (χ1v) is 11.7. The highest BCUT2D eigenvalue weighted by Gasteiger charge is 2.53. The first-order valence-electron chi connectivity index (χ1n) is 11.4. The lowest BCUT2D eigenvalue weighted by molar-refractivity contribution is -0.154. The second kappa shape index (κ2) is 8.80. The zero-order valence-electron chi connectivity index (χ0n) is 20.3. The normalized spacial score (nSPS) is 21.2. The van der Waals surface area contributed by atoms with Crippen molar-refractivity contribution in [1.29, 1.82) is 0 Å². The SMILES string of the molecule is BN(Cc1ccc2c(c1)CN(C1(B)CC(B)(B)C(=O)NC1=O)C2=O)C(=O)C(F)(F)c1ccc(Cl)cc1. The number of piperidine rings is 1. The molecule has 0 radical (unpaired) electrons. The van der Waals surface area contributed by atoms with E-state index in [-0.39, 0.29) is 36.3 Å². The van der Waals surface area contributed by atoms with Crippen LogP contribution in [0.4, 0.5) is 8.78 Å². The van der Waals surface area contributed by atoms with Gasteiger partial charge in [-0.05, 0) is 41.0 Å². The van der Waals surface area contributed by atoms with Crippen LogP contribution in [0, 0.1) is 0 Å². The Morgan fingerprint density at radius 3 is 2.36 bits per heavy atom. The second-order valence-corrected chi connectivity index (χ2v) is 10.7. The Bertz CT molecular complexity index is 1290. The van der Waals surface area contributed by atoms with Gasteiger partial charge in [0.05, 0.1) is 5.44 Å². The minimum Gasteiger partial charge on any atom is -0.384 e. The molecule has 4 amide bonds. The number of hydrogen-bond acceptors (Lipinski definition) is 4. The standard InChI is InChI=1S/C22H22B4ClF2N3O4/c23-20(24)10-21(25,18(35)30-17(20)34)31-9-12-7-11(1-6-15(12)16(31)33)8-32(26)19(36)22(28,29)13-2-4-14(27)5-3-13/h1-7H,8-10,23-26H2,(H,30,34,35). The summed E-state index contributed by atoms with van der Waals surface area (Å²) in [4.78, 5) is 53.1. The van der Waals surface area contributed by atoms with Crippen molar-refractivity contribution in [2.24, 2.45) is 0 Å². The van der Waals surface area contributed by atoms with E-state index in [0.717, 1.165) is 16.9 Å². The van der Waals surface area contributed by atoms with Gasteiger partial charge in [0.1, 0.15) is 23.5 Å². The molecule has 36 heavy (non-hydrogen) atoms. The third kappa shape index (κ3) is 4.34. The Morgan fingerprint density at radius 2 is 1.72 bits per heavy atom. The summed E-state index contributed by atoms with van der Waals surface area (Å²) >= 11 is 5.76. The van der Waals surface area contributed by atoms with Crippen molar-refractivity contribution in [2.75, 3.05) is 0 Å². The first-order chi connectivity index (χ1) is 16.7.